The molecular formula is C14H32N2O. The minimum absolute atomic E-state index is 0.170. The number of ether oxygens (including phenoxy) is 1. The van der Waals surface area contributed by atoms with Crippen molar-refractivity contribution in [3.63, 3.8) is 0 Å². The van der Waals surface area contributed by atoms with Crippen LogP contribution >= 0.6 is 0 Å². The first-order chi connectivity index (χ1) is 7.80. The molecule has 0 aromatic rings. The molecule has 0 aliphatic carbocycles. The van der Waals surface area contributed by atoms with E-state index in [2.05, 4.69) is 51.9 Å². The summed E-state index contributed by atoms with van der Waals surface area (Å²) in [4.78, 5) is 2.41. The average Bonchev–Trinajstić information content (AvgIpc) is 2.22. The van der Waals surface area contributed by atoms with Gasteiger partial charge in [0.15, 0.2) is 0 Å². The molecule has 0 spiro atoms. The molecule has 0 rings (SSSR count). The number of nitrogens with zero attached hydrogens (tertiary/aromatic N) is 1. The largest absolute Gasteiger partial charge is 0.383 e. The van der Waals surface area contributed by atoms with Crippen molar-refractivity contribution in [1.29, 1.82) is 0 Å². The molecule has 3 heteroatoms. The lowest BCUT2D eigenvalue weighted by molar-refractivity contribution is 0.0927. The topological polar surface area (TPSA) is 24.5 Å². The number of nitrogens with one attached hydrogen (secondary N) is 1. The van der Waals surface area contributed by atoms with Crippen LogP contribution in [0.1, 0.15) is 41.0 Å². The number of hydrogen-bond acceptors (Lipinski definition) is 3. The molecule has 0 saturated heterocycles. The lowest BCUT2D eigenvalue weighted by Gasteiger charge is -2.32. The molecule has 2 unspecified atom stereocenters. The maximum Gasteiger partial charge on any atom is 0.0630 e. The van der Waals surface area contributed by atoms with E-state index in [0.717, 1.165) is 25.6 Å². The van der Waals surface area contributed by atoms with Crippen LogP contribution < -0.4 is 5.32 Å². The average molecular weight is 244 g/mol. The normalized spacial score (nSPS) is 16.2. The van der Waals surface area contributed by atoms with Crippen molar-refractivity contribution in [1.82, 2.24) is 10.2 Å². The van der Waals surface area contributed by atoms with Crippen LogP contribution in [0.15, 0.2) is 0 Å². The van der Waals surface area contributed by atoms with Crippen molar-refractivity contribution in [2.45, 2.75) is 52.6 Å². The fourth-order valence-corrected chi connectivity index (χ4v) is 1.73. The number of hydrogen-bond donors (Lipinski definition) is 1. The lowest BCUT2D eigenvalue weighted by Crippen LogP contribution is -2.49. The van der Waals surface area contributed by atoms with Crippen LogP contribution in [0.2, 0.25) is 0 Å². The number of rotatable bonds is 8. The van der Waals surface area contributed by atoms with Crippen molar-refractivity contribution in [2.75, 3.05) is 33.9 Å². The Kier molecular flexibility index (Phi) is 8.01. The lowest BCUT2D eigenvalue weighted by atomic mass is 10.1. The monoisotopic (exact) mass is 244 g/mol. The molecule has 17 heavy (non-hydrogen) atoms. The summed E-state index contributed by atoms with van der Waals surface area (Å²) in [6.07, 6.45) is 1.23. The zero-order valence-electron chi connectivity index (χ0n) is 12.8. The van der Waals surface area contributed by atoms with Crippen LogP contribution in [-0.2, 0) is 4.74 Å². The molecule has 0 saturated carbocycles. The highest BCUT2D eigenvalue weighted by Crippen LogP contribution is 2.07. The summed E-state index contributed by atoms with van der Waals surface area (Å²) in [6.45, 7) is 14.0. The van der Waals surface area contributed by atoms with Gasteiger partial charge in [0.25, 0.3) is 0 Å². The van der Waals surface area contributed by atoms with Crippen molar-refractivity contribution < 1.29 is 4.74 Å². The van der Waals surface area contributed by atoms with E-state index in [1.54, 1.807) is 7.11 Å². The van der Waals surface area contributed by atoms with Gasteiger partial charge in [0.1, 0.15) is 0 Å². The van der Waals surface area contributed by atoms with Crippen LogP contribution in [-0.4, -0.2) is 50.3 Å². The highest BCUT2D eigenvalue weighted by molar-refractivity contribution is 4.78. The Morgan fingerprint density at radius 1 is 1.29 bits per heavy atom. The summed E-state index contributed by atoms with van der Waals surface area (Å²) < 4.78 is 5.32. The van der Waals surface area contributed by atoms with E-state index < -0.39 is 0 Å². The maximum atomic E-state index is 5.32. The summed E-state index contributed by atoms with van der Waals surface area (Å²) in [5.74, 6) is 0.744. The first kappa shape index (κ1) is 16.9. The number of methoxy groups -OCH3 is 1. The second-order valence-corrected chi connectivity index (χ2v) is 6.19. The van der Waals surface area contributed by atoms with Crippen molar-refractivity contribution in [3.05, 3.63) is 0 Å². The predicted octanol–water partition coefficient (Wildman–Crippen LogP) is 2.37. The molecular weight excluding hydrogens is 212 g/mol. The fraction of sp³-hybridized carbons (Fsp3) is 1.00. The van der Waals surface area contributed by atoms with Gasteiger partial charge in [-0.2, -0.15) is 0 Å². The molecule has 2 atom stereocenters. The molecule has 0 aromatic carbocycles. The third-order valence-electron chi connectivity index (χ3n) is 3.15. The molecule has 0 bridgehead atoms. The highest BCUT2D eigenvalue weighted by Gasteiger charge is 2.19. The van der Waals surface area contributed by atoms with Gasteiger partial charge < -0.3 is 10.1 Å². The molecule has 3 nitrogen and oxygen atoms in total. The van der Waals surface area contributed by atoms with Crippen molar-refractivity contribution in [2.24, 2.45) is 5.92 Å². The Balaban J connectivity index is 4.20. The van der Waals surface area contributed by atoms with Gasteiger partial charge >= 0.3 is 0 Å². The van der Waals surface area contributed by atoms with Crippen LogP contribution in [0.4, 0.5) is 0 Å². The van der Waals surface area contributed by atoms with Gasteiger partial charge in [0.05, 0.1) is 6.61 Å². The van der Waals surface area contributed by atoms with Gasteiger partial charge in [0.2, 0.25) is 0 Å². The Labute approximate surface area is 108 Å². The summed E-state index contributed by atoms with van der Waals surface area (Å²) in [7, 11) is 3.97. The van der Waals surface area contributed by atoms with Gasteiger partial charge in [-0.05, 0) is 33.7 Å². The molecule has 104 valence electrons. The SMILES string of the molecule is CCC(C)CN(C)C(CNC(C)(C)C)COC. The van der Waals surface area contributed by atoms with Gasteiger partial charge in [-0.15, -0.1) is 0 Å². The van der Waals surface area contributed by atoms with E-state index in [-0.39, 0.29) is 5.54 Å². The Morgan fingerprint density at radius 2 is 1.88 bits per heavy atom. The first-order valence-corrected chi connectivity index (χ1v) is 6.74. The highest BCUT2D eigenvalue weighted by atomic mass is 16.5. The van der Waals surface area contributed by atoms with Gasteiger partial charge in [0, 0.05) is 31.8 Å². The number of likely N-dealkylation sites (N-methyl/N-ethyl adjacent to an activating group) is 1. The molecule has 0 aliphatic rings. The van der Waals surface area contributed by atoms with E-state index in [9.17, 15) is 0 Å². The second-order valence-electron chi connectivity index (χ2n) is 6.19. The van der Waals surface area contributed by atoms with E-state index in [1.165, 1.54) is 6.42 Å². The van der Waals surface area contributed by atoms with Crippen LogP contribution in [0.3, 0.4) is 0 Å². The molecule has 0 heterocycles. The van der Waals surface area contributed by atoms with Crippen LogP contribution in [0, 0.1) is 5.92 Å². The van der Waals surface area contributed by atoms with Gasteiger partial charge in [-0.25, -0.2) is 0 Å². The first-order valence-electron chi connectivity index (χ1n) is 6.74. The summed E-state index contributed by atoms with van der Waals surface area (Å²) in [5.41, 5.74) is 0.170. The molecule has 0 radical (unpaired) electrons. The quantitative estimate of drug-likeness (QED) is 0.709. The van der Waals surface area contributed by atoms with Gasteiger partial charge in [-0.3, -0.25) is 4.90 Å². The Hall–Kier alpha value is -0.120. The van der Waals surface area contributed by atoms with Crippen molar-refractivity contribution >= 4 is 0 Å². The van der Waals surface area contributed by atoms with E-state index in [1.807, 2.05) is 0 Å². The smallest absolute Gasteiger partial charge is 0.0630 e. The second kappa shape index (κ2) is 8.06. The minimum Gasteiger partial charge on any atom is -0.383 e. The zero-order chi connectivity index (χ0) is 13.5. The third kappa shape index (κ3) is 8.58. The van der Waals surface area contributed by atoms with Crippen LogP contribution in [0.5, 0.6) is 0 Å². The third-order valence-corrected chi connectivity index (χ3v) is 3.15. The molecule has 0 aromatic heterocycles. The maximum absolute atomic E-state index is 5.32. The van der Waals surface area contributed by atoms with E-state index in [0.29, 0.717) is 6.04 Å². The Morgan fingerprint density at radius 3 is 2.29 bits per heavy atom. The Bertz CT molecular complexity index is 189. The van der Waals surface area contributed by atoms with Crippen LogP contribution in [0.25, 0.3) is 0 Å². The van der Waals surface area contributed by atoms with Gasteiger partial charge in [-0.1, -0.05) is 20.3 Å². The fourth-order valence-electron chi connectivity index (χ4n) is 1.73. The molecule has 0 aliphatic heterocycles. The molecule has 0 amide bonds. The standard InChI is InChI=1S/C14H32N2O/c1-8-12(2)10-16(6)13(11-17-7)9-15-14(3,4)5/h12-13,15H,8-11H2,1-7H3. The zero-order valence-corrected chi connectivity index (χ0v) is 12.8. The molecule has 1 N–H and O–H groups in total. The summed E-state index contributed by atoms with van der Waals surface area (Å²) in [5, 5.41) is 3.56. The summed E-state index contributed by atoms with van der Waals surface area (Å²) in [6, 6.07) is 0.452. The van der Waals surface area contributed by atoms with E-state index >= 15 is 0 Å². The van der Waals surface area contributed by atoms with E-state index in [4.69, 9.17) is 4.74 Å². The minimum atomic E-state index is 0.170. The van der Waals surface area contributed by atoms with Crippen molar-refractivity contribution in [3.8, 4) is 0 Å². The summed E-state index contributed by atoms with van der Waals surface area (Å²) >= 11 is 0. The predicted molar refractivity (Wildman–Crippen MR) is 75.5 cm³/mol. The molecule has 0 fully saturated rings.